The van der Waals surface area contributed by atoms with Crippen LogP contribution in [0.2, 0.25) is 0 Å². The second-order valence-corrected chi connectivity index (χ2v) is 3.23. The van der Waals surface area contributed by atoms with Crippen molar-refractivity contribution in [1.29, 1.82) is 0 Å². The molecule has 1 unspecified atom stereocenters. The number of carbonyl (C=O) groups excluding carboxylic acids is 1. The summed E-state index contributed by atoms with van der Waals surface area (Å²) in [5.74, 6) is 0.0711. The van der Waals surface area contributed by atoms with E-state index < -0.39 is 0 Å². The van der Waals surface area contributed by atoms with Crippen molar-refractivity contribution in [2.45, 2.75) is 33.6 Å². The molecule has 0 aromatic carbocycles. The van der Waals surface area contributed by atoms with Gasteiger partial charge in [-0.25, -0.2) is 0 Å². The van der Waals surface area contributed by atoms with Crippen LogP contribution in [0, 0.1) is 12.8 Å². The van der Waals surface area contributed by atoms with E-state index in [0.29, 0.717) is 0 Å². The number of rotatable bonds is 5. The zero-order chi connectivity index (χ0) is 9.56. The highest BCUT2D eigenvalue weighted by Gasteiger charge is 2.14. The minimum Gasteiger partial charge on any atom is -0.342 e. The molecule has 0 rings (SSSR count). The maximum absolute atomic E-state index is 11.5. The van der Waals surface area contributed by atoms with Crippen LogP contribution in [0.1, 0.15) is 33.6 Å². The van der Waals surface area contributed by atoms with Gasteiger partial charge in [0, 0.05) is 19.0 Å². The van der Waals surface area contributed by atoms with Gasteiger partial charge < -0.3 is 4.90 Å². The van der Waals surface area contributed by atoms with E-state index in [1.165, 1.54) is 0 Å². The monoisotopic (exact) mass is 170 g/mol. The highest BCUT2D eigenvalue weighted by atomic mass is 16.2. The fourth-order valence-electron chi connectivity index (χ4n) is 1.18. The molecule has 0 fully saturated rings. The largest absolute Gasteiger partial charge is 0.342 e. The van der Waals surface area contributed by atoms with Crippen LogP contribution < -0.4 is 0 Å². The molecule has 1 radical (unpaired) electrons. The molecule has 0 aromatic rings. The van der Waals surface area contributed by atoms with Gasteiger partial charge in [-0.05, 0) is 19.8 Å². The second-order valence-electron chi connectivity index (χ2n) is 3.23. The molecule has 1 atom stereocenters. The van der Waals surface area contributed by atoms with E-state index in [1.54, 1.807) is 0 Å². The average molecular weight is 170 g/mol. The van der Waals surface area contributed by atoms with Crippen molar-refractivity contribution in [3.05, 3.63) is 6.92 Å². The summed E-state index contributed by atoms with van der Waals surface area (Å²) < 4.78 is 0. The van der Waals surface area contributed by atoms with Crippen LogP contribution in [-0.2, 0) is 4.79 Å². The molecule has 0 bridgehead atoms. The van der Waals surface area contributed by atoms with Crippen molar-refractivity contribution in [3.8, 4) is 0 Å². The van der Waals surface area contributed by atoms with Gasteiger partial charge in [-0.2, -0.15) is 0 Å². The van der Waals surface area contributed by atoms with Gasteiger partial charge in [0.05, 0.1) is 0 Å². The molecule has 0 aliphatic rings. The summed E-state index contributed by atoms with van der Waals surface area (Å²) in [5.41, 5.74) is 0. The zero-order valence-corrected chi connectivity index (χ0v) is 8.47. The van der Waals surface area contributed by atoms with Gasteiger partial charge >= 0.3 is 0 Å². The Hall–Kier alpha value is -0.530. The van der Waals surface area contributed by atoms with Gasteiger partial charge in [-0.3, -0.25) is 4.79 Å². The van der Waals surface area contributed by atoms with Crippen molar-refractivity contribution < 1.29 is 4.79 Å². The van der Waals surface area contributed by atoms with E-state index in [4.69, 9.17) is 0 Å². The number of nitrogens with zero attached hydrogens (tertiary/aromatic N) is 1. The van der Waals surface area contributed by atoms with E-state index in [9.17, 15) is 4.79 Å². The summed E-state index contributed by atoms with van der Waals surface area (Å²) in [6, 6.07) is 0. The van der Waals surface area contributed by atoms with Crippen molar-refractivity contribution in [1.82, 2.24) is 4.90 Å². The first-order valence-corrected chi connectivity index (χ1v) is 4.75. The van der Waals surface area contributed by atoms with Crippen LogP contribution >= 0.6 is 0 Å². The summed E-state index contributed by atoms with van der Waals surface area (Å²) in [4.78, 5) is 13.4. The third kappa shape index (κ3) is 3.74. The Kier molecular flexibility index (Phi) is 5.77. The van der Waals surface area contributed by atoms with Crippen LogP contribution in [0.3, 0.4) is 0 Å². The lowest BCUT2D eigenvalue weighted by atomic mass is 10.2. The minimum atomic E-state index is -0.108. The molecule has 0 aliphatic heterocycles. The molecule has 0 heterocycles. The normalized spacial score (nSPS) is 10.4. The molecule has 0 spiro atoms. The Morgan fingerprint density at radius 3 is 2.00 bits per heavy atom. The van der Waals surface area contributed by atoms with E-state index in [-0.39, 0.29) is 11.8 Å². The van der Waals surface area contributed by atoms with E-state index in [2.05, 4.69) is 20.8 Å². The Morgan fingerprint density at radius 2 is 1.75 bits per heavy atom. The first-order chi connectivity index (χ1) is 5.63. The molecule has 1 amide bonds. The maximum Gasteiger partial charge on any atom is 0.225 e. The van der Waals surface area contributed by atoms with Crippen LogP contribution in [0.15, 0.2) is 0 Å². The van der Waals surface area contributed by atoms with Gasteiger partial charge in [0.25, 0.3) is 0 Å². The first-order valence-electron chi connectivity index (χ1n) is 4.75. The minimum absolute atomic E-state index is 0.108. The Bertz CT molecular complexity index is 126. The SMILES string of the molecule is [CH2]C(C)C(=O)N(CCC)CCC. The molecule has 12 heavy (non-hydrogen) atoms. The van der Waals surface area contributed by atoms with Crippen molar-refractivity contribution >= 4 is 5.91 Å². The summed E-state index contributed by atoms with van der Waals surface area (Å²) in [5, 5.41) is 0. The summed E-state index contributed by atoms with van der Waals surface area (Å²) in [6.07, 6.45) is 2.05. The Labute approximate surface area is 75.9 Å². The predicted molar refractivity (Wildman–Crippen MR) is 51.7 cm³/mol. The lowest BCUT2D eigenvalue weighted by molar-refractivity contribution is -0.133. The fourth-order valence-corrected chi connectivity index (χ4v) is 1.18. The highest BCUT2D eigenvalue weighted by molar-refractivity contribution is 5.78. The molecular formula is C10H20NO. The van der Waals surface area contributed by atoms with Crippen molar-refractivity contribution in [2.24, 2.45) is 5.92 Å². The topological polar surface area (TPSA) is 20.3 Å². The van der Waals surface area contributed by atoms with Gasteiger partial charge in [0.2, 0.25) is 5.91 Å². The summed E-state index contributed by atoms with van der Waals surface area (Å²) in [6.45, 7) is 11.5. The first kappa shape index (κ1) is 11.5. The van der Waals surface area contributed by atoms with Crippen molar-refractivity contribution in [2.75, 3.05) is 13.1 Å². The average Bonchev–Trinajstić information content (AvgIpc) is 2.03. The molecule has 0 aromatic heterocycles. The number of carbonyl (C=O) groups is 1. The van der Waals surface area contributed by atoms with E-state index in [0.717, 1.165) is 25.9 Å². The van der Waals surface area contributed by atoms with Crippen LogP contribution in [0.5, 0.6) is 0 Å². The van der Waals surface area contributed by atoms with Gasteiger partial charge in [-0.15, -0.1) is 0 Å². The third-order valence-electron chi connectivity index (χ3n) is 1.72. The lowest BCUT2D eigenvalue weighted by Crippen LogP contribution is -2.35. The Morgan fingerprint density at radius 1 is 1.33 bits per heavy atom. The number of amides is 1. The number of hydrogen-bond acceptors (Lipinski definition) is 1. The zero-order valence-electron chi connectivity index (χ0n) is 8.47. The molecule has 2 nitrogen and oxygen atoms in total. The van der Waals surface area contributed by atoms with Crippen LogP contribution in [-0.4, -0.2) is 23.9 Å². The number of hydrogen-bond donors (Lipinski definition) is 0. The predicted octanol–water partition coefficient (Wildman–Crippen LogP) is 2.11. The highest BCUT2D eigenvalue weighted by Crippen LogP contribution is 2.02. The van der Waals surface area contributed by atoms with E-state index >= 15 is 0 Å². The second kappa shape index (κ2) is 6.04. The van der Waals surface area contributed by atoms with Crippen LogP contribution in [0.25, 0.3) is 0 Å². The quantitative estimate of drug-likeness (QED) is 0.619. The standard InChI is InChI=1S/C10H20NO/c1-5-7-11(8-6-2)10(12)9(3)4/h9H,3,5-8H2,1-2,4H3. The molecule has 0 aliphatic carbocycles. The molecule has 0 saturated heterocycles. The Balaban J connectivity index is 3.99. The molecule has 2 heteroatoms. The van der Waals surface area contributed by atoms with Gasteiger partial charge in [0.15, 0.2) is 0 Å². The molecule has 71 valence electrons. The van der Waals surface area contributed by atoms with Crippen LogP contribution in [0.4, 0.5) is 0 Å². The van der Waals surface area contributed by atoms with E-state index in [1.807, 2.05) is 11.8 Å². The lowest BCUT2D eigenvalue weighted by Gasteiger charge is -2.23. The summed E-state index contributed by atoms with van der Waals surface area (Å²) >= 11 is 0. The molecule has 0 N–H and O–H groups in total. The van der Waals surface area contributed by atoms with Crippen molar-refractivity contribution in [3.63, 3.8) is 0 Å². The van der Waals surface area contributed by atoms with Gasteiger partial charge in [0.1, 0.15) is 0 Å². The van der Waals surface area contributed by atoms with Gasteiger partial charge in [-0.1, -0.05) is 20.8 Å². The molecular weight excluding hydrogens is 150 g/mol. The third-order valence-corrected chi connectivity index (χ3v) is 1.72. The summed E-state index contributed by atoms with van der Waals surface area (Å²) in [7, 11) is 0. The maximum atomic E-state index is 11.5. The molecule has 0 saturated carbocycles. The fraction of sp³-hybridized carbons (Fsp3) is 0.800. The smallest absolute Gasteiger partial charge is 0.225 e.